The first-order chi connectivity index (χ1) is 17.7. The number of carbonyl (C=O) groups is 1. The van der Waals surface area contributed by atoms with E-state index >= 15 is 0 Å². The normalized spacial score (nSPS) is 40.4. The van der Waals surface area contributed by atoms with Crippen molar-refractivity contribution >= 4 is 17.6 Å². The van der Waals surface area contributed by atoms with Crippen molar-refractivity contribution in [2.24, 2.45) is 5.29 Å². The Morgan fingerprint density at radius 2 is 1.68 bits per heavy atom. The lowest BCUT2D eigenvalue weighted by molar-refractivity contribution is -0.347. The Hall–Kier alpha value is -1.32. The van der Waals surface area contributed by atoms with Crippen LogP contribution in [0.15, 0.2) is 5.29 Å². The number of carbonyl (C=O) groups excluding carboxylic acids is 1. The summed E-state index contributed by atoms with van der Waals surface area (Å²) in [4.78, 5) is 25.2. The van der Waals surface area contributed by atoms with Gasteiger partial charge in [-0.2, -0.15) is 5.01 Å². The Balaban J connectivity index is 1.81. The smallest absolute Gasteiger partial charge is 0.345 e. The average Bonchev–Trinajstić information content (AvgIpc) is 3.42. The SMILES string of the molecule is O=NN(CCCl)C(=O)N(CC1COCO1)C1O[C@H](CO)[C@@H](O[C@H]2O[C@H](CO)[C@@H](O)[C@H](O)[C@H]2O)[C@H](O)[C@H]1O. The largest absolute Gasteiger partial charge is 0.394 e. The first kappa shape index (κ1) is 30.2. The Morgan fingerprint density at radius 3 is 2.24 bits per heavy atom. The Bertz CT molecular complexity index is 747. The number of alkyl halides is 1. The van der Waals surface area contributed by atoms with Crippen LogP contribution in [0.1, 0.15) is 0 Å². The van der Waals surface area contributed by atoms with Gasteiger partial charge in [0.2, 0.25) is 0 Å². The number of urea groups is 1. The van der Waals surface area contributed by atoms with Gasteiger partial charge in [-0.3, -0.25) is 4.90 Å². The number of nitroso groups, excluding NO2 is 1. The van der Waals surface area contributed by atoms with Crippen molar-refractivity contribution in [1.29, 1.82) is 0 Å². The molecule has 0 spiro atoms. The zero-order chi connectivity index (χ0) is 27.3. The highest BCUT2D eigenvalue weighted by Crippen LogP contribution is 2.31. The maximum atomic E-state index is 13.1. The number of rotatable bonds is 10. The molecule has 0 aliphatic carbocycles. The Morgan fingerprint density at radius 1 is 0.973 bits per heavy atom. The number of hydrogen-bond donors (Lipinski definition) is 7. The van der Waals surface area contributed by atoms with Gasteiger partial charge < -0.3 is 59.4 Å². The van der Waals surface area contributed by atoms with Crippen molar-refractivity contribution in [2.45, 2.75) is 67.5 Å². The van der Waals surface area contributed by atoms with E-state index in [0.29, 0.717) is 5.01 Å². The van der Waals surface area contributed by atoms with Crippen LogP contribution in [0.2, 0.25) is 0 Å². The lowest BCUT2D eigenvalue weighted by Crippen LogP contribution is -2.68. The first-order valence-corrected chi connectivity index (χ1v) is 12.0. The number of ether oxygens (including phenoxy) is 5. The van der Waals surface area contributed by atoms with Crippen molar-refractivity contribution in [3.05, 3.63) is 4.91 Å². The van der Waals surface area contributed by atoms with Crippen LogP contribution in [0.3, 0.4) is 0 Å². The fourth-order valence-corrected chi connectivity index (χ4v) is 4.37. The molecule has 0 radical (unpaired) electrons. The highest BCUT2D eigenvalue weighted by Gasteiger charge is 2.52. The van der Waals surface area contributed by atoms with Crippen LogP contribution in [-0.2, 0) is 23.7 Å². The van der Waals surface area contributed by atoms with Crippen molar-refractivity contribution in [2.75, 3.05) is 45.6 Å². The molecule has 214 valence electrons. The minimum absolute atomic E-state index is 0.0605. The highest BCUT2D eigenvalue weighted by molar-refractivity contribution is 6.18. The van der Waals surface area contributed by atoms with Crippen LogP contribution in [-0.4, -0.2) is 165 Å². The van der Waals surface area contributed by atoms with Gasteiger partial charge in [0.1, 0.15) is 61.7 Å². The molecule has 0 aromatic carbocycles. The van der Waals surface area contributed by atoms with Gasteiger partial charge in [-0.05, 0) is 0 Å². The van der Waals surface area contributed by atoms with Crippen molar-refractivity contribution in [1.82, 2.24) is 9.91 Å². The number of nitrogens with zero attached hydrogens (tertiary/aromatic N) is 3. The predicted octanol–water partition coefficient (Wildman–Crippen LogP) is -4.37. The van der Waals surface area contributed by atoms with Crippen molar-refractivity contribution in [3.8, 4) is 0 Å². The second kappa shape index (κ2) is 13.7. The van der Waals surface area contributed by atoms with Crippen molar-refractivity contribution < 1.29 is 64.2 Å². The summed E-state index contributed by atoms with van der Waals surface area (Å²) in [6.07, 6.45) is -17.4. The fourth-order valence-electron chi connectivity index (χ4n) is 4.21. The molecule has 0 bridgehead atoms. The van der Waals surface area contributed by atoms with Gasteiger partial charge in [0.15, 0.2) is 12.5 Å². The van der Waals surface area contributed by atoms with Gasteiger partial charge in [-0.25, -0.2) is 4.79 Å². The molecule has 37 heavy (non-hydrogen) atoms. The molecule has 3 saturated heterocycles. The number of halogens is 1. The van der Waals surface area contributed by atoms with E-state index in [4.69, 9.17) is 35.3 Å². The van der Waals surface area contributed by atoms with E-state index in [1.807, 2.05) is 0 Å². The van der Waals surface area contributed by atoms with Crippen molar-refractivity contribution in [3.63, 3.8) is 0 Å². The van der Waals surface area contributed by atoms with E-state index < -0.39 is 86.7 Å². The number of hydrogen-bond acceptors (Lipinski definition) is 15. The molecular formula is C19H32ClN3O14. The third-order valence-corrected chi connectivity index (χ3v) is 6.41. The lowest BCUT2D eigenvalue weighted by atomic mass is 9.96. The predicted molar refractivity (Wildman–Crippen MR) is 117 cm³/mol. The van der Waals surface area contributed by atoms with Gasteiger partial charge in [0, 0.05) is 5.88 Å². The summed E-state index contributed by atoms with van der Waals surface area (Å²) in [7, 11) is 0. The summed E-state index contributed by atoms with van der Waals surface area (Å²) < 4.78 is 26.9. The summed E-state index contributed by atoms with van der Waals surface area (Å²) in [6, 6.07) is -1.03. The third kappa shape index (κ3) is 6.64. The average molecular weight is 562 g/mol. The fraction of sp³-hybridized carbons (Fsp3) is 0.947. The van der Waals surface area contributed by atoms with E-state index in [-0.39, 0.29) is 32.4 Å². The molecule has 3 fully saturated rings. The number of amides is 2. The molecule has 18 heteroatoms. The molecule has 7 N–H and O–H groups in total. The van der Waals surface area contributed by atoms with Crippen LogP contribution < -0.4 is 0 Å². The minimum Gasteiger partial charge on any atom is -0.394 e. The van der Waals surface area contributed by atoms with Crippen LogP contribution in [0.5, 0.6) is 0 Å². The first-order valence-electron chi connectivity index (χ1n) is 11.4. The third-order valence-electron chi connectivity index (χ3n) is 6.24. The van der Waals surface area contributed by atoms with Gasteiger partial charge >= 0.3 is 6.03 Å². The minimum atomic E-state index is -1.89. The van der Waals surface area contributed by atoms with Crippen LogP contribution >= 0.6 is 11.6 Å². The molecule has 11 atom stereocenters. The number of aliphatic hydroxyl groups is 7. The van der Waals surface area contributed by atoms with E-state index in [1.165, 1.54) is 0 Å². The standard InChI is InChI=1S/C19H32ClN3O14/c20-1-2-23(21-32)19(31)22(3-8-6-33-7-34-8)17-14(29)13(28)16(10(5-25)35-17)37-18-15(30)12(27)11(26)9(4-24)36-18/h8-18,24-30H,1-7H2/t8?,9-,10-,11-,12+,13-,14-,15-,16-,17?,18-/m1/s1. The summed E-state index contributed by atoms with van der Waals surface area (Å²) in [5.74, 6) is -0.140. The second-order valence-corrected chi connectivity index (χ2v) is 9.01. The monoisotopic (exact) mass is 561 g/mol. The molecule has 0 aromatic rings. The quantitative estimate of drug-likeness (QED) is 0.0757. The Kier molecular flexibility index (Phi) is 11.2. The zero-order valence-corrected chi connectivity index (χ0v) is 20.3. The maximum Gasteiger partial charge on any atom is 0.345 e. The molecular weight excluding hydrogens is 530 g/mol. The van der Waals surface area contributed by atoms with Gasteiger partial charge in [-0.15, -0.1) is 16.5 Å². The van der Waals surface area contributed by atoms with Gasteiger partial charge in [-0.1, -0.05) is 0 Å². The van der Waals surface area contributed by atoms with Gasteiger partial charge in [0.05, 0.1) is 38.2 Å². The van der Waals surface area contributed by atoms with E-state index in [9.17, 15) is 45.4 Å². The molecule has 0 aromatic heterocycles. The zero-order valence-electron chi connectivity index (χ0n) is 19.5. The van der Waals surface area contributed by atoms with Crippen LogP contribution in [0.4, 0.5) is 4.79 Å². The molecule has 2 amide bonds. The summed E-state index contributed by atoms with van der Waals surface area (Å²) in [5, 5.41) is 74.4. The van der Waals surface area contributed by atoms with Crippen LogP contribution in [0, 0.1) is 4.91 Å². The van der Waals surface area contributed by atoms with E-state index in [0.717, 1.165) is 4.90 Å². The van der Waals surface area contributed by atoms with E-state index in [2.05, 4.69) is 5.29 Å². The molecule has 3 aliphatic rings. The van der Waals surface area contributed by atoms with Gasteiger partial charge in [0.25, 0.3) is 0 Å². The molecule has 3 aliphatic heterocycles. The summed E-state index contributed by atoms with van der Waals surface area (Å²) >= 11 is 5.63. The van der Waals surface area contributed by atoms with E-state index in [1.54, 1.807) is 0 Å². The maximum absolute atomic E-state index is 13.1. The number of aliphatic hydroxyl groups excluding tert-OH is 7. The van der Waals surface area contributed by atoms with Crippen LogP contribution in [0.25, 0.3) is 0 Å². The molecule has 17 nitrogen and oxygen atoms in total. The topological polar surface area (TPSA) is 241 Å². The Labute approximate surface area is 215 Å². The molecule has 0 saturated carbocycles. The summed E-state index contributed by atoms with van der Waals surface area (Å²) in [6.45, 7) is -2.08. The summed E-state index contributed by atoms with van der Waals surface area (Å²) in [5.41, 5.74) is 0. The molecule has 3 heterocycles. The molecule has 3 rings (SSSR count). The second-order valence-electron chi connectivity index (χ2n) is 8.63. The lowest BCUT2D eigenvalue weighted by Gasteiger charge is -2.48. The highest BCUT2D eigenvalue weighted by atomic mass is 35.5. The molecule has 2 unspecified atom stereocenters.